The summed E-state index contributed by atoms with van der Waals surface area (Å²) in [4.78, 5) is 23.2. The molecule has 0 N–H and O–H groups in total. The Morgan fingerprint density at radius 1 is 1.19 bits per heavy atom. The van der Waals surface area contributed by atoms with E-state index in [1.165, 1.54) is 6.08 Å². The molecule has 6 nitrogen and oxygen atoms in total. The Bertz CT molecular complexity index is 865. The third-order valence-electron chi connectivity index (χ3n) is 3.82. The zero-order chi connectivity index (χ0) is 18.5. The highest BCUT2D eigenvalue weighted by Gasteiger charge is 2.19. The van der Waals surface area contributed by atoms with Gasteiger partial charge in [0.2, 0.25) is 11.7 Å². The Kier molecular flexibility index (Phi) is 5.84. The minimum Gasteiger partial charge on any atom is -0.378 e. The van der Waals surface area contributed by atoms with Crippen LogP contribution in [-0.2, 0) is 4.74 Å². The number of ether oxygens (including phenoxy) is 1. The molecule has 1 aliphatic rings. The van der Waals surface area contributed by atoms with Crippen LogP contribution in [0.3, 0.4) is 0 Å². The number of nitriles is 1. The fourth-order valence-electron chi connectivity index (χ4n) is 2.50. The molecule has 2 aromatic rings. The molecule has 0 amide bonds. The van der Waals surface area contributed by atoms with Crippen LogP contribution in [0, 0.1) is 11.3 Å². The van der Waals surface area contributed by atoms with Gasteiger partial charge in [0.05, 0.1) is 28.8 Å². The molecule has 132 valence electrons. The smallest absolute Gasteiger partial charge is 0.225 e. The number of aromatic nitrogens is 2. The molecule has 1 fully saturated rings. The van der Waals surface area contributed by atoms with E-state index in [0.29, 0.717) is 24.7 Å². The SMILES string of the molecule is N#CC(=Cc1cnc(N2CCOCC2)nc1)C(=O)c1c(Cl)cccc1Cl. The molecule has 1 saturated heterocycles. The Morgan fingerprint density at radius 2 is 1.81 bits per heavy atom. The Morgan fingerprint density at radius 3 is 2.38 bits per heavy atom. The lowest BCUT2D eigenvalue weighted by Gasteiger charge is -2.26. The molecule has 0 aliphatic carbocycles. The number of morpholine rings is 1. The maximum Gasteiger partial charge on any atom is 0.225 e. The van der Waals surface area contributed by atoms with Crippen LogP contribution in [0.2, 0.25) is 10.0 Å². The Labute approximate surface area is 160 Å². The van der Waals surface area contributed by atoms with Crippen molar-refractivity contribution in [2.24, 2.45) is 0 Å². The fourth-order valence-corrected chi connectivity index (χ4v) is 3.07. The monoisotopic (exact) mass is 388 g/mol. The molecule has 26 heavy (non-hydrogen) atoms. The predicted molar refractivity (Wildman–Crippen MR) is 99.4 cm³/mol. The maximum absolute atomic E-state index is 12.6. The predicted octanol–water partition coefficient (Wildman–Crippen LogP) is 3.41. The molecule has 3 rings (SSSR count). The van der Waals surface area contributed by atoms with Gasteiger partial charge in [0.1, 0.15) is 11.6 Å². The van der Waals surface area contributed by atoms with Gasteiger partial charge in [0, 0.05) is 31.0 Å². The molecule has 1 aromatic carbocycles. The highest BCUT2D eigenvalue weighted by Crippen LogP contribution is 2.27. The second-order valence-electron chi connectivity index (χ2n) is 5.51. The minimum atomic E-state index is -0.541. The van der Waals surface area contributed by atoms with Crippen molar-refractivity contribution in [2.75, 3.05) is 31.2 Å². The van der Waals surface area contributed by atoms with Crippen molar-refractivity contribution >= 4 is 41.0 Å². The van der Waals surface area contributed by atoms with E-state index in [2.05, 4.69) is 9.97 Å². The summed E-state index contributed by atoms with van der Waals surface area (Å²) in [5, 5.41) is 9.76. The number of rotatable bonds is 4. The topological polar surface area (TPSA) is 79.1 Å². The summed E-state index contributed by atoms with van der Waals surface area (Å²) >= 11 is 12.1. The number of halogens is 2. The highest BCUT2D eigenvalue weighted by atomic mass is 35.5. The van der Waals surface area contributed by atoms with Crippen LogP contribution in [0.4, 0.5) is 5.95 Å². The molecule has 0 radical (unpaired) electrons. The van der Waals surface area contributed by atoms with Gasteiger partial charge in [-0.3, -0.25) is 4.79 Å². The molecule has 0 unspecified atom stereocenters. The van der Waals surface area contributed by atoms with Crippen LogP contribution in [-0.4, -0.2) is 42.1 Å². The fraction of sp³-hybridized carbons (Fsp3) is 0.222. The second-order valence-corrected chi connectivity index (χ2v) is 6.33. The van der Waals surface area contributed by atoms with Crippen molar-refractivity contribution in [2.45, 2.75) is 0 Å². The first kappa shape index (κ1) is 18.3. The van der Waals surface area contributed by atoms with Gasteiger partial charge in [-0.05, 0) is 18.2 Å². The minimum absolute atomic E-state index is 0.0947. The number of anilines is 1. The number of nitrogens with zero attached hydrogens (tertiary/aromatic N) is 4. The van der Waals surface area contributed by atoms with E-state index in [4.69, 9.17) is 27.9 Å². The normalized spacial score (nSPS) is 14.8. The quantitative estimate of drug-likeness (QED) is 0.453. The molecule has 2 heterocycles. The van der Waals surface area contributed by atoms with Crippen molar-refractivity contribution in [3.8, 4) is 6.07 Å². The van der Waals surface area contributed by atoms with E-state index in [9.17, 15) is 10.1 Å². The average molecular weight is 389 g/mol. The lowest BCUT2D eigenvalue weighted by Crippen LogP contribution is -2.37. The number of carbonyl (C=O) groups excluding carboxylic acids is 1. The van der Waals surface area contributed by atoms with Crippen LogP contribution in [0.1, 0.15) is 15.9 Å². The third-order valence-corrected chi connectivity index (χ3v) is 4.45. The first-order chi connectivity index (χ1) is 12.6. The van der Waals surface area contributed by atoms with Crippen LogP contribution in [0.5, 0.6) is 0 Å². The molecular weight excluding hydrogens is 375 g/mol. The highest BCUT2D eigenvalue weighted by molar-refractivity contribution is 6.41. The number of Topliss-reactive ketones (excluding diaryl/α,β-unsaturated/α-hetero) is 1. The number of carbonyl (C=O) groups is 1. The van der Waals surface area contributed by atoms with E-state index in [0.717, 1.165) is 13.1 Å². The lowest BCUT2D eigenvalue weighted by atomic mass is 10.0. The van der Waals surface area contributed by atoms with Gasteiger partial charge < -0.3 is 9.64 Å². The average Bonchev–Trinajstić information content (AvgIpc) is 2.67. The summed E-state index contributed by atoms with van der Waals surface area (Å²) in [5.41, 5.74) is 0.548. The molecule has 0 bridgehead atoms. The summed E-state index contributed by atoms with van der Waals surface area (Å²) in [6.07, 6.45) is 4.55. The van der Waals surface area contributed by atoms with Crippen molar-refractivity contribution in [3.63, 3.8) is 0 Å². The zero-order valence-corrected chi connectivity index (χ0v) is 15.2. The summed E-state index contributed by atoms with van der Waals surface area (Å²) in [6.45, 7) is 2.72. The molecule has 1 aromatic heterocycles. The van der Waals surface area contributed by atoms with Crippen LogP contribution in [0.15, 0.2) is 36.2 Å². The van der Waals surface area contributed by atoms with E-state index in [-0.39, 0.29) is 21.2 Å². The molecule has 0 spiro atoms. The summed E-state index contributed by atoms with van der Waals surface area (Å²) < 4.78 is 5.30. The van der Waals surface area contributed by atoms with Crippen molar-refractivity contribution in [3.05, 3.63) is 57.3 Å². The van der Waals surface area contributed by atoms with E-state index in [1.54, 1.807) is 30.6 Å². The zero-order valence-electron chi connectivity index (χ0n) is 13.7. The van der Waals surface area contributed by atoms with E-state index >= 15 is 0 Å². The van der Waals surface area contributed by atoms with Gasteiger partial charge in [-0.25, -0.2) is 9.97 Å². The van der Waals surface area contributed by atoms with Gasteiger partial charge in [0.15, 0.2) is 0 Å². The summed E-state index contributed by atoms with van der Waals surface area (Å²) in [7, 11) is 0. The van der Waals surface area contributed by atoms with Gasteiger partial charge in [0.25, 0.3) is 0 Å². The van der Waals surface area contributed by atoms with Gasteiger partial charge in [-0.1, -0.05) is 29.3 Å². The van der Waals surface area contributed by atoms with E-state index in [1.807, 2.05) is 11.0 Å². The maximum atomic E-state index is 12.6. The number of ketones is 1. The summed E-state index contributed by atoms with van der Waals surface area (Å²) in [5.74, 6) is 0.0461. The second kappa shape index (κ2) is 8.28. The van der Waals surface area contributed by atoms with Crippen molar-refractivity contribution < 1.29 is 9.53 Å². The van der Waals surface area contributed by atoms with E-state index < -0.39 is 5.78 Å². The molecule has 0 atom stereocenters. The molecule has 8 heteroatoms. The number of hydrogen-bond acceptors (Lipinski definition) is 6. The standard InChI is InChI=1S/C18H14Cl2N4O2/c19-14-2-1-3-15(20)16(14)17(25)13(9-21)8-12-10-22-18(23-11-12)24-4-6-26-7-5-24/h1-3,8,10-11H,4-7H2. The Hall–Kier alpha value is -2.46. The van der Waals surface area contributed by atoms with Gasteiger partial charge in [-0.15, -0.1) is 0 Å². The largest absolute Gasteiger partial charge is 0.378 e. The summed E-state index contributed by atoms with van der Waals surface area (Å²) in [6, 6.07) is 6.63. The van der Waals surface area contributed by atoms with Crippen molar-refractivity contribution in [1.29, 1.82) is 5.26 Å². The van der Waals surface area contributed by atoms with Gasteiger partial charge >= 0.3 is 0 Å². The first-order valence-corrected chi connectivity index (χ1v) is 8.61. The van der Waals surface area contributed by atoms with Crippen LogP contribution >= 0.6 is 23.2 Å². The third kappa shape index (κ3) is 4.02. The Balaban J connectivity index is 1.85. The number of benzene rings is 1. The molecular formula is C18H14Cl2N4O2. The van der Waals surface area contributed by atoms with Crippen LogP contribution in [0.25, 0.3) is 6.08 Å². The first-order valence-electron chi connectivity index (χ1n) is 7.85. The molecule has 0 saturated carbocycles. The van der Waals surface area contributed by atoms with Gasteiger partial charge in [-0.2, -0.15) is 5.26 Å². The van der Waals surface area contributed by atoms with Crippen molar-refractivity contribution in [1.82, 2.24) is 9.97 Å². The number of hydrogen-bond donors (Lipinski definition) is 0. The van der Waals surface area contributed by atoms with Crippen LogP contribution < -0.4 is 4.90 Å². The lowest BCUT2D eigenvalue weighted by molar-refractivity contribution is 0.104. The molecule has 1 aliphatic heterocycles. The number of allylic oxidation sites excluding steroid dienone is 1.